The van der Waals surface area contributed by atoms with E-state index in [1.807, 2.05) is 55.4 Å². The number of ether oxygens (including phenoxy) is 1. The number of rotatable bonds is 3. The van der Waals surface area contributed by atoms with E-state index in [4.69, 9.17) is 4.74 Å². The summed E-state index contributed by atoms with van der Waals surface area (Å²) < 4.78 is 5.14. The third-order valence-electron chi connectivity index (χ3n) is 2.03. The lowest BCUT2D eigenvalue weighted by molar-refractivity contribution is 0.393. The van der Waals surface area contributed by atoms with Crippen molar-refractivity contribution in [2.75, 3.05) is 33.3 Å². The van der Waals surface area contributed by atoms with E-state index >= 15 is 0 Å². The minimum atomic E-state index is 0.881. The second-order valence-electron chi connectivity index (χ2n) is 3.07. The first-order chi connectivity index (χ1) is 6.15. The molecule has 0 aliphatic heterocycles. The van der Waals surface area contributed by atoms with Crippen LogP contribution in [0.25, 0.3) is 0 Å². The molecule has 0 bridgehead atoms. The molecule has 3 heteroatoms. The van der Waals surface area contributed by atoms with Crippen LogP contribution >= 0.6 is 0 Å². The molecule has 1 rings (SSSR count). The number of methoxy groups -OCH3 is 1. The van der Waals surface area contributed by atoms with E-state index in [-0.39, 0.29) is 0 Å². The molecule has 1 aromatic rings. The lowest BCUT2D eigenvalue weighted by atomic mass is 10.3. The van der Waals surface area contributed by atoms with Crippen LogP contribution in [0, 0.1) is 0 Å². The first-order valence-electron chi connectivity index (χ1n) is 4.20. The standard InChI is InChI=1S/C10H16N2O/c1-11(2)12(3)9-6-5-7-10(8-9)13-4/h5-8H,1-4H3. The van der Waals surface area contributed by atoms with Gasteiger partial charge in [0.15, 0.2) is 0 Å². The van der Waals surface area contributed by atoms with Gasteiger partial charge in [-0.05, 0) is 12.1 Å². The molecule has 0 heterocycles. The normalized spacial score (nSPS) is 10.2. The highest BCUT2D eigenvalue weighted by atomic mass is 16.5. The van der Waals surface area contributed by atoms with Crippen molar-refractivity contribution >= 4 is 5.69 Å². The van der Waals surface area contributed by atoms with E-state index in [0.717, 1.165) is 11.4 Å². The zero-order valence-corrected chi connectivity index (χ0v) is 8.61. The zero-order chi connectivity index (χ0) is 9.84. The molecule has 0 fully saturated rings. The Labute approximate surface area is 79.5 Å². The maximum Gasteiger partial charge on any atom is 0.120 e. The number of anilines is 1. The van der Waals surface area contributed by atoms with Crippen molar-refractivity contribution in [2.24, 2.45) is 0 Å². The summed E-state index contributed by atoms with van der Waals surface area (Å²) in [5.74, 6) is 0.881. The van der Waals surface area contributed by atoms with Crippen LogP contribution in [-0.2, 0) is 0 Å². The molecule has 0 radical (unpaired) electrons. The molecule has 0 aliphatic rings. The Morgan fingerprint density at radius 2 is 1.85 bits per heavy atom. The number of hydrogen-bond acceptors (Lipinski definition) is 3. The molecule has 0 aromatic heterocycles. The van der Waals surface area contributed by atoms with E-state index < -0.39 is 0 Å². The lowest BCUT2D eigenvalue weighted by Crippen LogP contribution is -2.32. The van der Waals surface area contributed by atoms with Crippen LogP contribution in [0.1, 0.15) is 0 Å². The Kier molecular flexibility index (Phi) is 3.14. The smallest absolute Gasteiger partial charge is 0.120 e. The predicted octanol–water partition coefficient (Wildman–Crippen LogP) is 1.61. The van der Waals surface area contributed by atoms with Crippen molar-refractivity contribution in [3.8, 4) is 5.75 Å². The van der Waals surface area contributed by atoms with Crippen LogP contribution in [0.3, 0.4) is 0 Å². The summed E-state index contributed by atoms with van der Waals surface area (Å²) in [5.41, 5.74) is 1.12. The molecule has 0 saturated heterocycles. The van der Waals surface area contributed by atoms with Gasteiger partial charge in [0.05, 0.1) is 12.8 Å². The van der Waals surface area contributed by atoms with Gasteiger partial charge in [-0.2, -0.15) is 0 Å². The van der Waals surface area contributed by atoms with Gasteiger partial charge in [0.2, 0.25) is 0 Å². The number of benzene rings is 1. The van der Waals surface area contributed by atoms with Crippen LogP contribution in [-0.4, -0.2) is 33.3 Å². The van der Waals surface area contributed by atoms with E-state index in [9.17, 15) is 0 Å². The Hall–Kier alpha value is -1.22. The molecule has 1 aromatic carbocycles. The summed E-state index contributed by atoms with van der Waals surface area (Å²) in [4.78, 5) is 0. The topological polar surface area (TPSA) is 15.7 Å². The van der Waals surface area contributed by atoms with Crippen molar-refractivity contribution in [1.82, 2.24) is 5.01 Å². The Balaban J connectivity index is 2.88. The van der Waals surface area contributed by atoms with Crippen molar-refractivity contribution in [3.05, 3.63) is 24.3 Å². The molecule has 0 amide bonds. The van der Waals surface area contributed by atoms with Gasteiger partial charge in [-0.15, -0.1) is 0 Å². The fourth-order valence-electron chi connectivity index (χ4n) is 1.04. The third kappa shape index (κ3) is 2.36. The fourth-order valence-corrected chi connectivity index (χ4v) is 1.04. The van der Waals surface area contributed by atoms with Gasteiger partial charge in [0, 0.05) is 27.2 Å². The highest BCUT2D eigenvalue weighted by Crippen LogP contribution is 2.19. The van der Waals surface area contributed by atoms with Crippen molar-refractivity contribution < 1.29 is 4.74 Å². The molecule has 0 atom stereocenters. The van der Waals surface area contributed by atoms with Gasteiger partial charge in [0.25, 0.3) is 0 Å². The number of hydrogen-bond donors (Lipinski definition) is 0. The summed E-state index contributed by atoms with van der Waals surface area (Å²) in [6, 6.07) is 7.96. The number of hydrazine groups is 1. The highest BCUT2D eigenvalue weighted by molar-refractivity contribution is 5.49. The van der Waals surface area contributed by atoms with Gasteiger partial charge in [-0.1, -0.05) is 6.07 Å². The van der Waals surface area contributed by atoms with Crippen LogP contribution in [0.15, 0.2) is 24.3 Å². The SMILES string of the molecule is COc1cccc(N(C)N(C)C)c1. The Morgan fingerprint density at radius 1 is 1.15 bits per heavy atom. The van der Waals surface area contributed by atoms with E-state index in [1.54, 1.807) is 7.11 Å². The van der Waals surface area contributed by atoms with Crippen molar-refractivity contribution in [3.63, 3.8) is 0 Å². The summed E-state index contributed by atoms with van der Waals surface area (Å²) in [6.45, 7) is 0. The first-order valence-corrected chi connectivity index (χ1v) is 4.20. The van der Waals surface area contributed by atoms with Gasteiger partial charge in [-0.3, -0.25) is 0 Å². The molecule has 0 spiro atoms. The summed E-state index contributed by atoms with van der Waals surface area (Å²) in [6.07, 6.45) is 0. The Morgan fingerprint density at radius 3 is 2.38 bits per heavy atom. The van der Waals surface area contributed by atoms with E-state index in [0.29, 0.717) is 0 Å². The first kappa shape index (κ1) is 9.86. The second kappa shape index (κ2) is 4.14. The van der Waals surface area contributed by atoms with Crippen LogP contribution in [0.2, 0.25) is 0 Å². The van der Waals surface area contributed by atoms with Crippen molar-refractivity contribution in [2.45, 2.75) is 0 Å². The molecule has 3 nitrogen and oxygen atoms in total. The highest BCUT2D eigenvalue weighted by Gasteiger charge is 2.02. The molecular weight excluding hydrogens is 164 g/mol. The largest absolute Gasteiger partial charge is 0.497 e. The average Bonchev–Trinajstić information content (AvgIpc) is 2.16. The average molecular weight is 180 g/mol. The fraction of sp³-hybridized carbons (Fsp3) is 0.400. The molecule has 0 aliphatic carbocycles. The third-order valence-corrected chi connectivity index (χ3v) is 2.03. The second-order valence-corrected chi connectivity index (χ2v) is 3.07. The van der Waals surface area contributed by atoms with Gasteiger partial charge >= 0.3 is 0 Å². The summed E-state index contributed by atoms with van der Waals surface area (Å²) >= 11 is 0. The van der Waals surface area contributed by atoms with Crippen LogP contribution in [0.5, 0.6) is 5.75 Å². The van der Waals surface area contributed by atoms with Gasteiger partial charge in [0.1, 0.15) is 5.75 Å². The molecule has 72 valence electrons. The lowest BCUT2D eigenvalue weighted by Gasteiger charge is -2.26. The van der Waals surface area contributed by atoms with Gasteiger partial charge < -0.3 is 9.75 Å². The minimum Gasteiger partial charge on any atom is -0.497 e. The molecule has 13 heavy (non-hydrogen) atoms. The predicted molar refractivity (Wildman–Crippen MR) is 55.1 cm³/mol. The maximum atomic E-state index is 5.14. The monoisotopic (exact) mass is 180 g/mol. The van der Waals surface area contributed by atoms with Gasteiger partial charge in [-0.25, -0.2) is 5.01 Å². The molecule has 0 saturated carbocycles. The van der Waals surface area contributed by atoms with Crippen LogP contribution < -0.4 is 9.75 Å². The molecule has 0 unspecified atom stereocenters. The van der Waals surface area contributed by atoms with E-state index in [2.05, 4.69) is 0 Å². The maximum absolute atomic E-state index is 5.14. The zero-order valence-electron chi connectivity index (χ0n) is 8.61. The molecule has 0 N–H and O–H groups in total. The van der Waals surface area contributed by atoms with Crippen molar-refractivity contribution in [1.29, 1.82) is 0 Å². The summed E-state index contributed by atoms with van der Waals surface area (Å²) in [5, 5.41) is 4.05. The van der Waals surface area contributed by atoms with Crippen LogP contribution in [0.4, 0.5) is 5.69 Å². The minimum absolute atomic E-state index is 0.881. The quantitative estimate of drug-likeness (QED) is 0.657. The van der Waals surface area contributed by atoms with E-state index in [1.165, 1.54) is 0 Å². The Bertz CT molecular complexity index is 273. The number of nitrogens with zero attached hydrogens (tertiary/aromatic N) is 2. The molecular formula is C10H16N2O. The summed E-state index contributed by atoms with van der Waals surface area (Å²) in [7, 11) is 7.68.